The lowest BCUT2D eigenvalue weighted by Crippen LogP contribution is -2.23. The average molecular weight is 450 g/mol. The average Bonchev–Trinajstić information content (AvgIpc) is 3.38. The Kier molecular flexibility index (Phi) is 5.71. The monoisotopic (exact) mass is 449 g/mol. The molecule has 1 saturated heterocycles. The summed E-state index contributed by atoms with van der Waals surface area (Å²) in [6, 6.07) is 33.2. The van der Waals surface area contributed by atoms with Crippen LogP contribution < -0.4 is 0 Å². The first-order chi connectivity index (χ1) is 16.2. The molecule has 4 aromatic rings. The fourth-order valence-corrected chi connectivity index (χ4v) is 5.01. The summed E-state index contributed by atoms with van der Waals surface area (Å²) >= 11 is 1.41. The molecule has 0 spiro atoms. The van der Waals surface area contributed by atoms with Crippen molar-refractivity contribution in [2.45, 2.75) is 0 Å². The van der Waals surface area contributed by atoms with E-state index >= 15 is 0 Å². The van der Waals surface area contributed by atoms with Gasteiger partial charge in [-0.2, -0.15) is 0 Å². The molecule has 0 bridgehead atoms. The van der Waals surface area contributed by atoms with Crippen molar-refractivity contribution < 1.29 is 4.79 Å². The molecule has 1 aliphatic rings. The van der Waals surface area contributed by atoms with Gasteiger partial charge in [0.25, 0.3) is 5.91 Å². The summed E-state index contributed by atoms with van der Waals surface area (Å²) in [5.74, 6) is -0.0340. The molecular formula is C28H23N3OS. The second kappa shape index (κ2) is 8.96. The van der Waals surface area contributed by atoms with Gasteiger partial charge in [-0.1, -0.05) is 78.9 Å². The quantitative estimate of drug-likeness (QED) is 0.341. The van der Waals surface area contributed by atoms with E-state index in [-0.39, 0.29) is 5.91 Å². The van der Waals surface area contributed by atoms with Crippen LogP contribution in [0.25, 0.3) is 34.3 Å². The predicted octanol–water partition coefficient (Wildman–Crippen LogP) is 6.34. The summed E-state index contributed by atoms with van der Waals surface area (Å²) in [5.41, 5.74) is 6.38. The van der Waals surface area contributed by atoms with Crippen LogP contribution in [0.15, 0.2) is 107 Å². The molecule has 162 valence electrons. The Balaban J connectivity index is 1.81. The van der Waals surface area contributed by atoms with Gasteiger partial charge in [0.15, 0.2) is 5.17 Å². The second-order valence-electron chi connectivity index (χ2n) is 7.72. The predicted molar refractivity (Wildman–Crippen MR) is 138 cm³/mol. The normalized spacial score (nSPS) is 16.2. The van der Waals surface area contributed by atoms with E-state index in [4.69, 9.17) is 0 Å². The molecular weight excluding hydrogens is 426 g/mol. The molecule has 0 saturated carbocycles. The van der Waals surface area contributed by atoms with E-state index in [0.29, 0.717) is 10.1 Å². The maximum Gasteiger partial charge on any atom is 0.266 e. The molecule has 1 fully saturated rings. The van der Waals surface area contributed by atoms with E-state index < -0.39 is 0 Å². The Morgan fingerprint density at radius 3 is 1.97 bits per heavy atom. The van der Waals surface area contributed by atoms with Crippen LogP contribution >= 0.6 is 11.8 Å². The van der Waals surface area contributed by atoms with Crippen LogP contribution in [0.4, 0.5) is 0 Å². The van der Waals surface area contributed by atoms with Crippen molar-refractivity contribution in [3.05, 3.63) is 108 Å². The van der Waals surface area contributed by atoms with Gasteiger partial charge in [0, 0.05) is 25.3 Å². The summed E-state index contributed by atoms with van der Waals surface area (Å²) in [6.07, 6.45) is 2.00. The molecule has 3 aromatic carbocycles. The molecule has 1 aliphatic heterocycles. The zero-order chi connectivity index (χ0) is 22.8. The van der Waals surface area contributed by atoms with Gasteiger partial charge in [-0.15, -0.1) is 0 Å². The number of para-hydroxylation sites is 1. The number of carbonyl (C=O) groups is 1. The summed E-state index contributed by atoms with van der Waals surface area (Å²) in [5, 5.41) is 0.707. The van der Waals surface area contributed by atoms with Crippen LogP contribution in [0.1, 0.15) is 5.56 Å². The molecule has 0 atom stereocenters. The van der Waals surface area contributed by atoms with Crippen molar-refractivity contribution in [3.8, 4) is 28.2 Å². The Morgan fingerprint density at radius 2 is 1.39 bits per heavy atom. The highest BCUT2D eigenvalue weighted by molar-refractivity contribution is 8.18. The maximum absolute atomic E-state index is 12.9. The van der Waals surface area contributed by atoms with Crippen LogP contribution in [-0.2, 0) is 4.79 Å². The van der Waals surface area contributed by atoms with Crippen molar-refractivity contribution >= 4 is 28.9 Å². The molecule has 33 heavy (non-hydrogen) atoms. The number of carbonyl (C=O) groups excluding carboxylic acids is 1. The van der Waals surface area contributed by atoms with Crippen LogP contribution in [-0.4, -0.2) is 34.6 Å². The minimum atomic E-state index is -0.0340. The molecule has 5 rings (SSSR count). The first-order valence-electron chi connectivity index (χ1n) is 10.7. The molecule has 0 radical (unpaired) electrons. The van der Waals surface area contributed by atoms with E-state index in [0.717, 1.165) is 33.8 Å². The van der Waals surface area contributed by atoms with Gasteiger partial charge < -0.3 is 4.57 Å². The number of hydrogen-bond donors (Lipinski definition) is 0. The SMILES string of the molecule is CN=C1S/C(=C/c2cc(-c3ccccc3)n(-c3ccccc3)c2-c2ccccc2)C(=O)N1C. The number of likely N-dealkylation sites (N-methyl/N-ethyl adjacent to an activating group) is 1. The van der Waals surface area contributed by atoms with E-state index in [1.807, 2.05) is 60.7 Å². The molecule has 2 heterocycles. The Morgan fingerprint density at radius 1 is 0.818 bits per heavy atom. The number of amides is 1. The van der Waals surface area contributed by atoms with Crippen molar-refractivity contribution in [1.29, 1.82) is 0 Å². The lowest BCUT2D eigenvalue weighted by molar-refractivity contribution is -0.121. The summed E-state index contributed by atoms with van der Waals surface area (Å²) in [7, 11) is 3.48. The number of benzene rings is 3. The number of aliphatic imine (C=N–C) groups is 1. The van der Waals surface area contributed by atoms with Gasteiger partial charge in [0.1, 0.15) is 0 Å². The molecule has 1 amide bonds. The van der Waals surface area contributed by atoms with Crippen LogP contribution in [0.5, 0.6) is 0 Å². The highest BCUT2D eigenvalue weighted by Crippen LogP contribution is 2.39. The largest absolute Gasteiger partial charge is 0.309 e. The fourth-order valence-electron chi connectivity index (χ4n) is 4.09. The number of rotatable bonds is 4. The van der Waals surface area contributed by atoms with E-state index in [1.54, 1.807) is 19.0 Å². The van der Waals surface area contributed by atoms with Crippen molar-refractivity contribution in [2.24, 2.45) is 4.99 Å². The third-order valence-corrected chi connectivity index (χ3v) is 6.79. The van der Waals surface area contributed by atoms with Gasteiger partial charge in [-0.05, 0) is 47.2 Å². The molecule has 0 N–H and O–H groups in total. The van der Waals surface area contributed by atoms with Gasteiger partial charge in [-0.3, -0.25) is 14.7 Å². The highest BCUT2D eigenvalue weighted by atomic mass is 32.2. The zero-order valence-electron chi connectivity index (χ0n) is 18.5. The smallest absolute Gasteiger partial charge is 0.266 e. The van der Waals surface area contributed by atoms with Crippen molar-refractivity contribution in [3.63, 3.8) is 0 Å². The van der Waals surface area contributed by atoms with E-state index in [1.165, 1.54) is 11.8 Å². The van der Waals surface area contributed by atoms with Crippen LogP contribution in [0, 0.1) is 0 Å². The second-order valence-corrected chi connectivity index (χ2v) is 8.73. The Hall–Kier alpha value is -3.83. The number of hydrogen-bond acceptors (Lipinski definition) is 3. The number of aromatic nitrogens is 1. The highest BCUT2D eigenvalue weighted by Gasteiger charge is 2.30. The molecule has 4 nitrogen and oxygen atoms in total. The van der Waals surface area contributed by atoms with E-state index in [2.05, 4.69) is 52.0 Å². The summed E-state index contributed by atoms with van der Waals surface area (Å²) in [6.45, 7) is 0. The van der Waals surface area contributed by atoms with Gasteiger partial charge in [0.2, 0.25) is 0 Å². The first kappa shape index (κ1) is 21.0. The standard InChI is InChI=1S/C28H23N3OS/c1-29-28-30(2)27(32)25(33-28)19-22-18-24(20-12-6-3-7-13-20)31(23-16-10-5-11-17-23)26(22)21-14-8-4-9-15-21/h3-19H,1-2H3/b25-19+,29-28?. The van der Waals surface area contributed by atoms with E-state index in [9.17, 15) is 4.79 Å². The van der Waals surface area contributed by atoms with Gasteiger partial charge >= 0.3 is 0 Å². The third kappa shape index (κ3) is 3.92. The minimum Gasteiger partial charge on any atom is -0.309 e. The fraction of sp³-hybridized carbons (Fsp3) is 0.0714. The molecule has 5 heteroatoms. The summed E-state index contributed by atoms with van der Waals surface area (Å²) < 4.78 is 2.28. The zero-order valence-corrected chi connectivity index (χ0v) is 19.3. The minimum absolute atomic E-state index is 0.0340. The molecule has 0 aliphatic carbocycles. The van der Waals surface area contributed by atoms with Gasteiger partial charge in [0.05, 0.1) is 16.3 Å². The Labute approximate surface area is 197 Å². The van der Waals surface area contributed by atoms with Gasteiger partial charge in [-0.25, -0.2) is 0 Å². The number of nitrogens with zero attached hydrogens (tertiary/aromatic N) is 3. The number of amidine groups is 1. The topological polar surface area (TPSA) is 37.6 Å². The van der Waals surface area contributed by atoms with Crippen LogP contribution in [0.3, 0.4) is 0 Å². The lowest BCUT2D eigenvalue weighted by Gasteiger charge is -2.15. The lowest BCUT2D eigenvalue weighted by atomic mass is 10.1. The van der Waals surface area contributed by atoms with Crippen molar-refractivity contribution in [1.82, 2.24) is 9.47 Å². The first-order valence-corrected chi connectivity index (χ1v) is 11.6. The molecule has 0 unspecified atom stereocenters. The van der Waals surface area contributed by atoms with Crippen LogP contribution in [0.2, 0.25) is 0 Å². The van der Waals surface area contributed by atoms with Crippen molar-refractivity contribution in [2.75, 3.05) is 14.1 Å². The molecule has 1 aromatic heterocycles. The maximum atomic E-state index is 12.9. The number of thioether (sulfide) groups is 1. The third-order valence-electron chi connectivity index (χ3n) is 5.64. The Bertz CT molecular complexity index is 1360. The summed E-state index contributed by atoms with van der Waals surface area (Å²) in [4.78, 5) is 19.4.